The van der Waals surface area contributed by atoms with Crippen LogP contribution in [-0.2, 0) is 9.59 Å². The van der Waals surface area contributed by atoms with Crippen LogP contribution in [0.5, 0.6) is 0 Å². The molecule has 30 heavy (non-hydrogen) atoms. The van der Waals surface area contributed by atoms with E-state index in [9.17, 15) is 9.59 Å². The average molecular weight is 455 g/mol. The minimum absolute atomic E-state index is 0.111. The molecule has 0 aliphatic carbocycles. The molecule has 10 heteroatoms. The van der Waals surface area contributed by atoms with Gasteiger partial charge in [-0.1, -0.05) is 37.2 Å². The van der Waals surface area contributed by atoms with Gasteiger partial charge in [-0.15, -0.1) is 0 Å². The van der Waals surface area contributed by atoms with E-state index in [0.29, 0.717) is 42.1 Å². The zero-order valence-corrected chi connectivity index (χ0v) is 19.6. The zero-order valence-electron chi connectivity index (χ0n) is 18.0. The third kappa shape index (κ3) is 5.76. The molecule has 1 aromatic heterocycles. The summed E-state index contributed by atoms with van der Waals surface area (Å²) in [6.07, 6.45) is 0.520. The van der Waals surface area contributed by atoms with Gasteiger partial charge in [-0.3, -0.25) is 9.59 Å². The van der Waals surface area contributed by atoms with Crippen LogP contribution in [-0.4, -0.2) is 101 Å². The van der Waals surface area contributed by atoms with Crippen molar-refractivity contribution in [2.75, 3.05) is 63.0 Å². The summed E-state index contributed by atoms with van der Waals surface area (Å²) < 4.78 is 0. The van der Waals surface area contributed by atoms with Crippen LogP contribution in [0.2, 0.25) is 5.15 Å². The van der Waals surface area contributed by atoms with Gasteiger partial charge in [-0.2, -0.15) is 0 Å². The van der Waals surface area contributed by atoms with Crippen molar-refractivity contribution in [3.63, 3.8) is 0 Å². The van der Waals surface area contributed by atoms with E-state index in [1.54, 1.807) is 6.07 Å². The minimum atomic E-state index is 0.111. The fourth-order valence-electron chi connectivity index (χ4n) is 3.88. The fraction of sp³-hybridized carbons (Fsp3) is 0.700. The average Bonchev–Trinajstić information content (AvgIpc) is 2.76. The molecule has 0 aromatic carbocycles. The lowest BCUT2D eigenvalue weighted by Gasteiger charge is -2.40. The maximum atomic E-state index is 12.6. The van der Waals surface area contributed by atoms with E-state index < -0.39 is 0 Å². The van der Waals surface area contributed by atoms with Crippen LogP contribution in [0.15, 0.2) is 11.2 Å². The number of carbonyl (C=O) groups is 2. The van der Waals surface area contributed by atoms with Gasteiger partial charge in [0.05, 0.1) is 5.75 Å². The van der Waals surface area contributed by atoms with Crippen LogP contribution < -0.4 is 4.90 Å². The second kappa shape index (κ2) is 10.6. The van der Waals surface area contributed by atoms with Crippen LogP contribution in [0.25, 0.3) is 0 Å². The van der Waals surface area contributed by atoms with Crippen molar-refractivity contribution in [1.29, 1.82) is 0 Å². The summed E-state index contributed by atoms with van der Waals surface area (Å²) in [5, 5.41) is 0.879. The van der Waals surface area contributed by atoms with Gasteiger partial charge in [0, 0.05) is 64.3 Å². The maximum absolute atomic E-state index is 12.6. The Bertz CT molecular complexity index is 759. The molecule has 2 aliphatic rings. The number of halogens is 1. The van der Waals surface area contributed by atoms with Gasteiger partial charge in [-0.05, 0) is 13.5 Å². The van der Waals surface area contributed by atoms with E-state index in [4.69, 9.17) is 11.6 Å². The van der Waals surface area contributed by atoms with Gasteiger partial charge in [0.2, 0.25) is 11.8 Å². The highest BCUT2D eigenvalue weighted by Crippen LogP contribution is 2.24. The normalized spacial score (nSPS) is 20.5. The number of aromatic nitrogens is 2. The Kier molecular flexibility index (Phi) is 8.19. The van der Waals surface area contributed by atoms with E-state index in [0.717, 1.165) is 38.5 Å². The van der Waals surface area contributed by atoms with Crippen molar-refractivity contribution in [1.82, 2.24) is 24.7 Å². The summed E-state index contributed by atoms with van der Waals surface area (Å²) in [4.78, 5) is 41.9. The molecule has 1 aromatic rings. The molecule has 1 atom stereocenters. The molecule has 1 unspecified atom stereocenters. The number of likely N-dealkylation sites (N-methyl/N-ethyl adjacent to an activating group) is 1. The van der Waals surface area contributed by atoms with Crippen molar-refractivity contribution in [2.45, 2.75) is 38.4 Å². The summed E-state index contributed by atoms with van der Waals surface area (Å²) in [7, 11) is 0. The van der Waals surface area contributed by atoms with Crippen LogP contribution >= 0.6 is 23.4 Å². The Morgan fingerprint density at radius 3 is 2.47 bits per heavy atom. The molecule has 8 nitrogen and oxygen atoms in total. The molecule has 2 saturated heterocycles. The lowest BCUT2D eigenvalue weighted by Crippen LogP contribution is -2.54. The monoisotopic (exact) mass is 454 g/mol. The van der Waals surface area contributed by atoms with E-state index >= 15 is 0 Å². The summed E-state index contributed by atoms with van der Waals surface area (Å²) >= 11 is 7.57. The second-order valence-corrected chi connectivity index (χ2v) is 9.00. The Balaban J connectivity index is 1.58. The summed E-state index contributed by atoms with van der Waals surface area (Å²) in [6, 6.07) is 1.86. The first-order chi connectivity index (χ1) is 14.4. The molecule has 2 amide bonds. The van der Waals surface area contributed by atoms with Gasteiger partial charge in [0.1, 0.15) is 11.0 Å². The van der Waals surface area contributed by atoms with Crippen molar-refractivity contribution in [3.8, 4) is 0 Å². The third-order valence-electron chi connectivity index (χ3n) is 5.73. The predicted octanol–water partition coefficient (Wildman–Crippen LogP) is 1.83. The third-order valence-corrected chi connectivity index (χ3v) is 6.76. The summed E-state index contributed by atoms with van der Waals surface area (Å²) in [5.41, 5.74) is 0. The molecule has 3 heterocycles. The molecule has 0 spiro atoms. The molecule has 2 fully saturated rings. The molecule has 0 saturated carbocycles. The van der Waals surface area contributed by atoms with Crippen LogP contribution in [0, 0.1) is 0 Å². The second-order valence-electron chi connectivity index (χ2n) is 7.67. The number of nitrogens with zero attached hydrogens (tertiary/aromatic N) is 6. The SMILES string of the molecule is CCC(=O)N1CCN(c2cc(Cl)nc(SCC(=O)N3CCN(CC)CC3)n2)CC1C. The highest BCUT2D eigenvalue weighted by molar-refractivity contribution is 7.99. The van der Waals surface area contributed by atoms with Crippen LogP contribution in [0.3, 0.4) is 0 Å². The fourth-order valence-corrected chi connectivity index (χ4v) is 4.87. The largest absolute Gasteiger partial charge is 0.353 e. The number of rotatable bonds is 6. The maximum Gasteiger partial charge on any atom is 0.233 e. The van der Waals surface area contributed by atoms with Gasteiger partial charge in [0.15, 0.2) is 5.16 Å². The first-order valence-electron chi connectivity index (χ1n) is 10.6. The van der Waals surface area contributed by atoms with E-state index in [1.165, 1.54) is 11.8 Å². The number of piperazine rings is 2. The molecular formula is C20H31ClN6O2S. The summed E-state index contributed by atoms with van der Waals surface area (Å²) in [6.45, 7) is 12.6. The Labute approximate surface area is 187 Å². The summed E-state index contributed by atoms with van der Waals surface area (Å²) in [5.74, 6) is 1.34. The molecule has 0 N–H and O–H groups in total. The van der Waals surface area contributed by atoms with Crippen molar-refractivity contribution >= 4 is 41.0 Å². The number of thioether (sulfide) groups is 1. The van der Waals surface area contributed by atoms with E-state index in [-0.39, 0.29) is 17.9 Å². The van der Waals surface area contributed by atoms with Gasteiger partial charge in [0.25, 0.3) is 0 Å². The highest BCUT2D eigenvalue weighted by atomic mass is 35.5. The first kappa shape index (κ1) is 23.1. The smallest absolute Gasteiger partial charge is 0.233 e. The van der Waals surface area contributed by atoms with Crippen LogP contribution in [0.4, 0.5) is 5.82 Å². The molecular weight excluding hydrogens is 424 g/mol. The first-order valence-corrected chi connectivity index (χ1v) is 12.0. The van der Waals surface area contributed by atoms with Crippen LogP contribution in [0.1, 0.15) is 27.2 Å². The lowest BCUT2D eigenvalue weighted by molar-refractivity contribution is -0.133. The van der Waals surface area contributed by atoms with Crippen molar-refractivity contribution in [3.05, 3.63) is 11.2 Å². The van der Waals surface area contributed by atoms with Gasteiger partial charge in [-0.25, -0.2) is 9.97 Å². The van der Waals surface area contributed by atoms with E-state index in [1.807, 2.05) is 16.7 Å². The zero-order chi connectivity index (χ0) is 21.7. The number of anilines is 1. The Hall–Kier alpha value is -1.58. The topological polar surface area (TPSA) is 72.9 Å². The van der Waals surface area contributed by atoms with Crippen molar-refractivity contribution in [2.24, 2.45) is 0 Å². The highest BCUT2D eigenvalue weighted by Gasteiger charge is 2.28. The Morgan fingerprint density at radius 1 is 1.10 bits per heavy atom. The standard InChI is InChI=1S/C20H31ClN6O2S/c1-4-18(28)27-11-10-26(13-15(27)3)17-12-16(21)22-20(23-17)30-14-19(29)25-8-6-24(5-2)7-9-25/h12,15H,4-11,13-14H2,1-3H3. The molecule has 2 aliphatic heterocycles. The van der Waals surface area contributed by atoms with Gasteiger partial charge < -0.3 is 19.6 Å². The number of hydrogen-bond donors (Lipinski definition) is 0. The Morgan fingerprint density at radius 2 is 1.83 bits per heavy atom. The number of carbonyl (C=O) groups excluding carboxylic acids is 2. The molecule has 166 valence electrons. The molecule has 3 rings (SSSR count). The minimum Gasteiger partial charge on any atom is -0.353 e. The lowest BCUT2D eigenvalue weighted by atomic mass is 10.1. The number of hydrogen-bond acceptors (Lipinski definition) is 7. The quantitative estimate of drug-likeness (QED) is 0.369. The van der Waals surface area contributed by atoms with Crippen molar-refractivity contribution < 1.29 is 9.59 Å². The number of amides is 2. The predicted molar refractivity (Wildman–Crippen MR) is 120 cm³/mol. The van der Waals surface area contributed by atoms with E-state index in [2.05, 4.69) is 33.6 Å². The molecule has 0 bridgehead atoms. The molecule has 0 radical (unpaired) electrons. The van der Waals surface area contributed by atoms with Gasteiger partial charge >= 0.3 is 0 Å².